The highest BCUT2D eigenvalue weighted by atomic mass is 19.1. The molecule has 0 saturated carbocycles. The molecule has 0 aliphatic rings. The minimum atomic E-state index is -0.631. The minimum absolute atomic E-state index is 0.156. The Morgan fingerprint density at radius 1 is 1.24 bits per heavy atom. The van der Waals surface area contributed by atoms with Crippen molar-refractivity contribution < 1.29 is 14.1 Å². The van der Waals surface area contributed by atoms with Gasteiger partial charge in [0.15, 0.2) is 0 Å². The van der Waals surface area contributed by atoms with Gasteiger partial charge < -0.3 is 15.4 Å². The van der Waals surface area contributed by atoms with Crippen LogP contribution in [-0.2, 0) is 17.9 Å². The van der Waals surface area contributed by atoms with Crippen molar-refractivity contribution in [3.05, 3.63) is 70.4 Å². The van der Waals surface area contributed by atoms with Gasteiger partial charge in [0, 0.05) is 6.20 Å². The van der Waals surface area contributed by atoms with Crippen LogP contribution >= 0.6 is 0 Å². The molecular formula is C15H13FN6O3. The number of aromatic nitrogens is 4. The highest BCUT2D eigenvalue weighted by molar-refractivity contribution is 5.90. The molecule has 0 saturated heterocycles. The predicted molar refractivity (Wildman–Crippen MR) is 85.2 cm³/mol. The van der Waals surface area contributed by atoms with Crippen molar-refractivity contribution in [1.29, 1.82) is 0 Å². The Morgan fingerprint density at radius 3 is 2.68 bits per heavy atom. The zero-order chi connectivity index (χ0) is 17.8. The highest BCUT2D eigenvalue weighted by Crippen LogP contribution is 2.10. The summed E-state index contributed by atoms with van der Waals surface area (Å²) in [5, 5.41) is 21.0. The van der Waals surface area contributed by atoms with Crippen LogP contribution in [0.5, 0.6) is 0 Å². The number of nitrogens with zero attached hydrogens (tertiary/aromatic N) is 5. The molecule has 0 aliphatic heterocycles. The lowest BCUT2D eigenvalue weighted by Crippen LogP contribution is -2.18. The molecule has 1 amide bonds. The largest absolute Gasteiger partial charge is 0.389 e. The molecule has 9 nitrogen and oxygen atoms in total. The number of nitro groups is 1. The van der Waals surface area contributed by atoms with Gasteiger partial charge >= 0.3 is 5.82 Å². The van der Waals surface area contributed by atoms with E-state index in [2.05, 4.69) is 15.5 Å². The van der Waals surface area contributed by atoms with Crippen LogP contribution in [-0.4, -0.2) is 30.4 Å². The van der Waals surface area contributed by atoms with Gasteiger partial charge in [-0.1, -0.05) is 12.1 Å². The zero-order valence-electron chi connectivity index (χ0n) is 12.9. The summed E-state index contributed by atoms with van der Waals surface area (Å²) >= 11 is 0. The zero-order valence-corrected chi connectivity index (χ0v) is 12.9. The smallest absolute Gasteiger partial charge is 0.358 e. The summed E-state index contributed by atoms with van der Waals surface area (Å²) in [5.41, 5.74) is 1.35. The van der Waals surface area contributed by atoms with Gasteiger partial charge in [-0.05, 0) is 22.6 Å². The maximum atomic E-state index is 12.9. The van der Waals surface area contributed by atoms with Crippen LogP contribution in [0.3, 0.4) is 0 Å². The molecule has 0 atom stereocenters. The molecule has 0 bridgehead atoms. The lowest BCUT2D eigenvalue weighted by Gasteiger charge is -2.02. The average molecular weight is 344 g/mol. The Hall–Kier alpha value is -3.56. The number of anilines is 1. The Balaban J connectivity index is 1.57. The fraction of sp³-hybridized carbons (Fsp3) is 0.133. The Labute approximate surface area is 140 Å². The first-order chi connectivity index (χ1) is 12.0. The Bertz CT molecular complexity index is 902. The minimum Gasteiger partial charge on any atom is -0.358 e. The van der Waals surface area contributed by atoms with Crippen LogP contribution in [0.4, 0.5) is 15.9 Å². The highest BCUT2D eigenvalue weighted by Gasteiger charge is 2.14. The number of rotatable bonds is 6. The maximum absolute atomic E-state index is 12.9. The van der Waals surface area contributed by atoms with Gasteiger partial charge in [0.05, 0.1) is 35.8 Å². The van der Waals surface area contributed by atoms with E-state index < -0.39 is 4.92 Å². The Kier molecular flexibility index (Phi) is 4.50. The lowest BCUT2D eigenvalue weighted by atomic mass is 10.2. The van der Waals surface area contributed by atoms with E-state index in [1.807, 2.05) is 0 Å². The predicted octanol–water partition coefficient (Wildman–Crippen LogP) is 1.81. The molecule has 128 valence electrons. The van der Waals surface area contributed by atoms with E-state index in [0.29, 0.717) is 12.2 Å². The fourth-order valence-corrected chi connectivity index (χ4v) is 2.18. The molecule has 1 aromatic carbocycles. The summed E-state index contributed by atoms with van der Waals surface area (Å²) in [4.78, 5) is 21.9. The summed E-state index contributed by atoms with van der Waals surface area (Å²) in [5.74, 6) is -1.02. The number of carbonyl (C=O) groups excluding carboxylic acids is 1. The van der Waals surface area contributed by atoms with Crippen molar-refractivity contribution in [2.75, 3.05) is 5.32 Å². The van der Waals surface area contributed by atoms with Gasteiger partial charge in [0.25, 0.3) is 0 Å². The quantitative estimate of drug-likeness (QED) is 0.542. The average Bonchev–Trinajstić information content (AvgIpc) is 3.19. The first kappa shape index (κ1) is 16.3. The van der Waals surface area contributed by atoms with E-state index in [0.717, 1.165) is 5.56 Å². The monoisotopic (exact) mass is 344 g/mol. The number of carbonyl (C=O) groups is 1. The number of hydrogen-bond acceptors (Lipinski definition) is 5. The van der Waals surface area contributed by atoms with Crippen molar-refractivity contribution in [1.82, 2.24) is 19.6 Å². The van der Waals surface area contributed by atoms with Crippen LogP contribution in [0.15, 0.2) is 48.9 Å². The van der Waals surface area contributed by atoms with Crippen molar-refractivity contribution in [3.8, 4) is 0 Å². The van der Waals surface area contributed by atoms with E-state index in [1.54, 1.807) is 23.0 Å². The molecule has 3 rings (SSSR count). The molecule has 0 spiro atoms. The number of hydrogen-bond donors (Lipinski definition) is 1. The number of halogens is 1. The van der Waals surface area contributed by atoms with Gasteiger partial charge in [-0.15, -0.1) is 0 Å². The molecule has 2 heterocycles. The van der Waals surface area contributed by atoms with Crippen molar-refractivity contribution in [3.63, 3.8) is 0 Å². The van der Waals surface area contributed by atoms with Crippen LogP contribution in [0.25, 0.3) is 0 Å². The van der Waals surface area contributed by atoms with Crippen molar-refractivity contribution in [2.24, 2.45) is 0 Å². The van der Waals surface area contributed by atoms with E-state index in [4.69, 9.17) is 0 Å². The second-order valence-corrected chi connectivity index (χ2v) is 5.23. The molecular weight excluding hydrogens is 331 g/mol. The topological polar surface area (TPSA) is 108 Å². The summed E-state index contributed by atoms with van der Waals surface area (Å²) < 4.78 is 15.7. The first-order valence-electron chi connectivity index (χ1n) is 7.24. The fourth-order valence-electron chi connectivity index (χ4n) is 2.18. The molecule has 10 heteroatoms. The molecule has 0 fully saturated rings. The third-order valence-electron chi connectivity index (χ3n) is 3.29. The molecule has 25 heavy (non-hydrogen) atoms. The molecule has 0 radical (unpaired) electrons. The van der Waals surface area contributed by atoms with E-state index in [1.165, 1.54) is 35.3 Å². The molecule has 0 aliphatic carbocycles. The van der Waals surface area contributed by atoms with E-state index in [9.17, 15) is 19.3 Å². The lowest BCUT2D eigenvalue weighted by molar-refractivity contribution is -0.389. The SMILES string of the molecule is O=C(Cn1ccc([N+](=O)[O-])n1)Nc1cnn(Cc2ccc(F)cc2)c1. The van der Waals surface area contributed by atoms with E-state index >= 15 is 0 Å². The van der Waals surface area contributed by atoms with Crippen LogP contribution in [0.1, 0.15) is 5.56 Å². The molecule has 3 aromatic rings. The summed E-state index contributed by atoms with van der Waals surface area (Å²) in [6, 6.07) is 7.25. The van der Waals surface area contributed by atoms with Crippen LogP contribution in [0.2, 0.25) is 0 Å². The maximum Gasteiger partial charge on any atom is 0.389 e. The van der Waals surface area contributed by atoms with Gasteiger partial charge in [0.2, 0.25) is 5.91 Å². The van der Waals surface area contributed by atoms with Gasteiger partial charge in [-0.25, -0.2) is 4.39 Å². The first-order valence-corrected chi connectivity index (χ1v) is 7.24. The third-order valence-corrected chi connectivity index (χ3v) is 3.29. The standard InChI is InChI=1S/C15H13FN6O3/c16-12-3-1-11(2-4-12)8-21-9-13(7-17-21)18-15(23)10-20-6-5-14(19-20)22(24)25/h1-7,9H,8,10H2,(H,18,23). The summed E-state index contributed by atoms with van der Waals surface area (Å²) in [6.45, 7) is 0.276. The second kappa shape index (κ2) is 6.91. The van der Waals surface area contributed by atoms with Crippen molar-refractivity contribution in [2.45, 2.75) is 13.1 Å². The van der Waals surface area contributed by atoms with Gasteiger partial charge in [0.1, 0.15) is 12.4 Å². The van der Waals surface area contributed by atoms with E-state index in [-0.39, 0.29) is 24.1 Å². The molecule has 2 aromatic heterocycles. The van der Waals surface area contributed by atoms with Crippen LogP contribution < -0.4 is 5.32 Å². The number of benzene rings is 1. The van der Waals surface area contributed by atoms with Crippen molar-refractivity contribution >= 4 is 17.4 Å². The van der Waals surface area contributed by atoms with Gasteiger partial charge in [-0.3, -0.25) is 9.48 Å². The van der Waals surface area contributed by atoms with Crippen LogP contribution in [0, 0.1) is 15.9 Å². The third kappa shape index (κ3) is 4.25. The Morgan fingerprint density at radius 2 is 2.00 bits per heavy atom. The number of amides is 1. The number of nitrogens with one attached hydrogen (secondary N) is 1. The second-order valence-electron chi connectivity index (χ2n) is 5.23. The normalized spacial score (nSPS) is 10.6. The molecule has 0 unspecified atom stereocenters. The summed E-state index contributed by atoms with van der Waals surface area (Å²) in [6.07, 6.45) is 4.47. The summed E-state index contributed by atoms with van der Waals surface area (Å²) in [7, 11) is 0. The molecule has 1 N–H and O–H groups in total. The van der Waals surface area contributed by atoms with Gasteiger partial charge in [-0.2, -0.15) is 9.78 Å².